The Labute approximate surface area is 240 Å². The first-order valence-corrected chi connectivity index (χ1v) is 14.1. The highest BCUT2D eigenvalue weighted by atomic mass is 79.9. The van der Waals surface area contributed by atoms with E-state index in [9.17, 15) is 9.59 Å². The maximum atomic E-state index is 13.8. The third-order valence-electron chi connectivity index (χ3n) is 6.46. The Kier molecular flexibility index (Phi) is 11.0. The molecular formula is C32H39BrN2O4. The molecule has 0 aliphatic heterocycles. The van der Waals surface area contributed by atoms with Crippen LogP contribution in [0.2, 0.25) is 0 Å². The molecule has 0 saturated heterocycles. The third kappa shape index (κ3) is 8.85. The van der Waals surface area contributed by atoms with E-state index in [0.29, 0.717) is 24.5 Å². The predicted octanol–water partition coefficient (Wildman–Crippen LogP) is 6.30. The van der Waals surface area contributed by atoms with Crippen LogP contribution in [0, 0.1) is 0 Å². The van der Waals surface area contributed by atoms with Crippen LogP contribution >= 0.6 is 15.9 Å². The van der Waals surface area contributed by atoms with Crippen LogP contribution < -0.4 is 14.8 Å². The zero-order chi connectivity index (χ0) is 28.4. The second-order valence-electron chi connectivity index (χ2n) is 10.6. The monoisotopic (exact) mass is 594 g/mol. The average molecular weight is 596 g/mol. The number of nitrogens with zero attached hydrogens (tertiary/aromatic N) is 1. The molecule has 0 fully saturated rings. The van der Waals surface area contributed by atoms with Crippen molar-refractivity contribution < 1.29 is 19.1 Å². The Morgan fingerprint density at radius 1 is 0.974 bits per heavy atom. The lowest BCUT2D eigenvalue weighted by atomic mass is 9.87. The van der Waals surface area contributed by atoms with Crippen LogP contribution in [-0.4, -0.2) is 43.0 Å². The summed E-state index contributed by atoms with van der Waals surface area (Å²) in [5.74, 6) is 0.798. The van der Waals surface area contributed by atoms with Crippen LogP contribution in [-0.2, 0) is 28.0 Å². The second kappa shape index (κ2) is 14.2. The molecular weight excluding hydrogens is 556 g/mol. The molecule has 2 amide bonds. The standard InChI is InChI=1S/C32H39BrN2O4/c1-6-17-34-31(37)28(19-23-11-8-7-9-12-23)35(21-24-13-10-14-26(18-24)38-5)30(36)22-39-29-16-15-25(20-27(29)33)32(2,3)4/h7-16,18,20,28H,6,17,19,21-22H2,1-5H3,(H,34,37)/t28-/m0/s1. The van der Waals surface area contributed by atoms with Crippen LogP contribution in [0.5, 0.6) is 11.5 Å². The van der Waals surface area contributed by atoms with Gasteiger partial charge in [-0.05, 0) is 68.7 Å². The van der Waals surface area contributed by atoms with Gasteiger partial charge in [0.25, 0.3) is 5.91 Å². The Hall–Kier alpha value is -3.32. The molecule has 7 heteroatoms. The topological polar surface area (TPSA) is 67.9 Å². The van der Waals surface area contributed by atoms with Gasteiger partial charge < -0.3 is 19.7 Å². The smallest absolute Gasteiger partial charge is 0.261 e. The molecule has 0 aromatic heterocycles. The van der Waals surface area contributed by atoms with E-state index in [1.54, 1.807) is 12.0 Å². The number of amides is 2. The van der Waals surface area contributed by atoms with Gasteiger partial charge >= 0.3 is 0 Å². The van der Waals surface area contributed by atoms with E-state index in [2.05, 4.69) is 42.0 Å². The first kappa shape index (κ1) is 30.2. The molecule has 3 rings (SSSR count). The van der Waals surface area contributed by atoms with Crippen molar-refractivity contribution in [3.63, 3.8) is 0 Å². The van der Waals surface area contributed by atoms with Crippen molar-refractivity contribution in [2.75, 3.05) is 20.3 Å². The van der Waals surface area contributed by atoms with Gasteiger partial charge in [0.2, 0.25) is 5.91 Å². The summed E-state index contributed by atoms with van der Waals surface area (Å²) in [4.78, 5) is 28.9. The summed E-state index contributed by atoms with van der Waals surface area (Å²) >= 11 is 3.59. The Bertz CT molecular complexity index is 1240. The highest BCUT2D eigenvalue weighted by Crippen LogP contribution is 2.31. The minimum atomic E-state index is -0.715. The predicted molar refractivity (Wildman–Crippen MR) is 159 cm³/mol. The van der Waals surface area contributed by atoms with Crippen molar-refractivity contribution >= 4 is 27.7 Å². The van der Waals surface area contributed by atoms with Crippen molar-refractivity contribution in [2.24, 2.45) is 0 Å². The van der Waals surface area contributed by atoms with Gasteiger partial charge in [0.05, 0.1) is 11.6 Å². The fourth-order valence-corrected chi connectivity index (χ4v) is 4.69. The van der Waals surface area contributed by atoms with Gasteiger partial charge in [-0.25, -0.2) is 0 Å². The zero-order valence-corrected chi connectivity index (χ0v) is 25.1. The van der Waals surface area contributed by atoms with Crippen molar-refractivity contribution in [3.8, 4) is 11.5 Å². The van der Waals surface area contributed by atoms with E-state index in [4.69, 9.17) is 9.47 Å². The minimum Gasteiger partial charge on any atom is -0.497 e. The van der Waals surface area contributed by atoms with Gasteiger partial charge in [0.1, 0.15) is 17.5 Å². The maximum Gasteiger partial charge on any atom is 0.261 e. The molecule has 6 nitrogen and oxygen atoms in total. The fraction of sp³-hybridized carbons (Fsp3) is 0.375. The zero-order valence-electron chi connectivity index (χ0n) is 23.5. The quantitative estimate of drug-likeness (QED) is 0.267. The summed E-state index contributed by atoms with van der Waals surface area (Å²) in [6.07, 6.45) is 1.19. The first-order valence-electron chi connectivity index (χ1n) is 13.3. The van der Waals surface area contributed by atoms with E-state index in [1.165, 1.54) is 0 Å². The number of carbonyl (C=O) groups excluding carboxylic acids is 2. The number of methoxy groups -OCH3 is 1. The molecule has 1 N–H and O–H groups in total. The van der Waals surface area contributed by atoms with Crippen molar-refractivity contribution in [1.29, 1.82) is 0 Å². The first-order chi connectivity index (χ1) is 18.6. The van der Waals surface area contributed by atoms with E-state index in [1.807, 2.05) is 79.7 Å². The summed E-state index contributed by atoms with van der Waals surface area (Å²) in [5.41, 5.74) is 2.97. The van der Waals surface area contributed by atoms with Crippen LogP contribution in [0.25, 0.3) is 0 Å². The van der Waals surface area contributed by atoms with Crippen LogP contribution in [0.1, 0.15) is 50.8 Å². The highest BCUT2D eigenvalue weighted by Gasteiger charge is 2.31. The summed E-state index contributed by atoms with van der Waals surface area (Å²) in [6, 6.07) is 22.5. The van der Waals surface area contributed by atoms with E-state index in [-0.39, 0.29) is 30.4 Å². The largest absolute Gasteiger partial charge is 0.497 e. The number of halogens is 1. The lowest BCUT2D eigenvalue weighted by molar-refractivity contribution is -0.142. The molecule has 0 aliphatic rings. The lowest BCUT2D eigenvalue weighted by Gasteiger charge is -2.31. The molecule has 0 aliphatic carbocycles. The molecule has 0 radical (unpaired) electrons. The fourth-order valence-electron chi connectivity index (χ4n) is 4.19. The number of ether oxygens (including phenoxy) is 2. The van der Waals surface area contributed by atoms with Crippen molar-refractivity contribution in [2.45, 2.75) is 58.5 Å². The normalized spacial score (nSPS) is 11.9. The summed E-state index contributed by atoms with van der Waals surface area (Å²) in [7, 11) is 1.61. The number of carbonyl (C=O) groups is 2. The Balaban J connectivity index is 1.91. The molecule has 0 heterocycles. The molecule has 208 valence electrons. The van der Waals surface area contributed by atoms with Crippen LogP contribution in [0.4, 0.5) is 0 Å². The number of rotatable bonds is 12. The third-order valence-corrected chi connectivity index (χ3v) is 7.08. The van der Waals surface area contributed by atoms with Crippen LogP contribution in [0.15, 0.2) is 77.3 Å². The molecule has 0 spiro atoms. The summed E-state index contributed by atoms with van der Waals surface area (Å²) in [5, 5.41) is 2.99. The van der Waals surface area contributed by atoms with Gasteiger partial charge in [-0.15, -0.1) is 0 Å². The summed E-state index contributed by atoms with van der Waals surface area (Å²) in [6.45, 7) is 9.00. The van der Waals surface area contributed by atoms with Gasteiger partial charge in [-0.2, -0.15) is 0 Å². The van der Waals surface area contributed by atoms with Crippen molar-refractivity contribution in [3.05, 3.63) is 94.0 Å². The molecule has 39 heavy (non-hydrogen) atoms. The maximum absolute atomic E-state index is 13.8. The van der Waals surface area contributed by atoms with E-state index >= 15 is 0 Å². The lowest BCUT2D eigenvalue weighted by Crippen LogP contribution is -2.51. The molecule has 0 unspecified atom stereocenters. The molecule has 3 aromatic rings. The number of benzene rings is 3. The van der Waals surface area contributed by atoms with Gasteiger partial charge in [0.15, 0.2) is 6.61 Å². The minimum absolute atomic E-state index is 0.0130. The van der Waals surface area contributed by atoms with Crippen molar-refractivity contribution in [1.82, 2.24) is 10.2 Å². The molecule has 0 bridgehead atoms. The Morgan fingerprint density at radius 2 is 1.69 bits per heavy atom. The summed E-state index contributed by atoms with van der Waals surface area (Å²) < 4.78 is 12.2. The molecule has 1 atom stereocenters. The van der Waals surface area contributed by atoms with Crippen LogP contribution in [0.3, 0.4) is 0 Å². The average Bonchev–Trinajstić information content (AvgIpc) is 2.92. The molecule has 0 saturated carbocycles. The number of hydrogen-bond donors (Lipinski definition) is 1. The van der Waals surface area contributed by atoms with Gasteiger partial charge in [0, 0.05) is 19.5 Å². The number of nitrogens with one attached hydrogen (secondary N) is 1. The second-order valence-corrected chi connectivity index (χ2v) is 11.4. The van der Waals surface area contributed by atoms with E-state index < -0.39 is 6.04 Å². The van der Waals surface area contributed by atoms with Gasteiger partial charge in [-0.3, -0.25) is 9.59 Å². The molecule has 3 aromatic carbocycles. The Morgan fingerprint density at radius 3 is 2.33 bits per heavy atom. The van der Waals surface area contributed by atoms with E-state index in [0.717, 1.165) is 27.6 Å². The number of hydrogen-bond acceptors (Lipinski definition) is 4. The van der Waals surface area contributed by atoms with Gasteiger partial charge in [-0.1, -0.05) is 76.2 Å². The highest BCUT2D eigenvalue weighted by molar-refractivity contribution is 9.10. The SMILES string of the molecule is CCCNC(=O)[C@H](Cc1ccccc1)N(Cc1cccc(OC)c1)C(=O)COc1ccc(C(C)(C)C)cc1Br.